The van der Waals surface area contributed by atoms with Crippen molar-refractivity contribution in [2.45, 2.75) is 6.92 Å². The van der Waals surface area contributed by atoms with Gasteiger partial charge in [0.1, 0.15) is 0 Å². The van der Waals surface area contributed by atoms with E-state index in [-0.39, 0.29) is 6.61 Å². The molecule has 5 heteroatoms. The first-order chi connectivity index (χ1) is 9.60. The fourth-order valence-corrected chi connectivity index (χ4v) is 0.831. The topological polar surface area (TPSA) is 54.0 Å². The molecule has 0 radical (unpaired) electrons. The van der Waals surface area contributed by atoms with Gasteiger partial charge >= 0.3 is 0 Å². The van der Waals surface area contributed by atoms with Crippen LogP contribution in [0.5, 0.6) is 0 Å². The van der Waals surface area contributed by atoms with Gasteiger partial charge in [-0.2, -0.15) is 0 Å². The van der Waals surface area contributed by atoms with Gasteiger partial charge in [0.2, 0.25) is 0 Å². The molecule has 0 aromatic carbocycles. The molecule has 0 aliphatic carbocycles. The Morgan fingerprint density at radius 1 is 1.10 bits per heavy atom. The van der Waals surface area contributed by atoms with E-state index in [1.54, 1.807) is 0 Å². The Morgan fingerprint density at radius 2 is 1.70 bits per heavy atom. The number of hydrogen-bond donors (Lipinski definition) is 2. The molecule has 0 aromatic rings. The molecule has 0 amide bonds. The van der Waals surface area contributed by atoms with E-state index < -0.39 is 0 Å². The molecule has 122 valence electrons. The van der Waals surface area contributed by atoms with Gasteiger partial charge in [0, 0.05) is 19.7 Å². The van der Waals surface area contributed by atoms with E-state index in [4.69, 9.17) is 14.6 Å². The largest absolute Gasteiger partial charge is 0.394 e. The molecule has 0 heterocycles. The van der Waals surface area contributed by atoms with E-state index in [1.165, 1.54) is 0 Å². The lowest BCUT2D eigenvalue weighted by Crippen LogP contribution is -2.09. The Balaban J connectivity index is -0.000000230. The number of ether oxygens (including phenoxy) is 2. The Kier molecular flexibility index (Phi) is 32.5. The molecule has 5 nitrogen and oxygen atoms in total. The maximum Gasteiger partial charge on any atom is 0.0701 e. The Hall–Kier alpha value is -0.720. The lowest BCUT2D eigenvalue weighted by molar-refractivity contribution is 0.0370. The minimum atomic E-state index is 0.0894. The average Bonchev–Trinajstić information content (AvgIpc) is 2.41. The Bertz CT molecular complexity index is 171. The Labute approximate surface area is 125 Å². The van der Waals surface area contributed by atoms with E-state index in [1.807, 2.05) is 40.2 Å². The fraction of sp³-hybridized carbons (Fsp3) is 0.733. The molecule has 20 heavy (non-hydrogen) atoms. The molecule has 0 atom stereocenters. The first-order valence-electron chi connectivity index (χ1n) is 6.88. The van der Waals surface area contributed by atoms with Crippen LogP contribution in [0.25, 0.3) is 0 Å². The monoisotopic (exact) mass is 290 g/mol. The highest BCUT2D eigenvalue weighted by molar-refractivity contribution is 4.68. The first kappa shape index (κ1) is 24.3. The van der Waals surface area contributed by atoms with Crippen LogP contribution >= 0.6 is 0 Å². The van der Waals surface area contributed by atoms with E-state index in [9.17, 15) is 0 Å². The number of nitrogens with zero attached hydrogens (tertiary/aromatic N) is 1. The van der Waals surface area contributed by atoms with Crippen LogP contribution in [0.2, 0.25) is 0 Å². The average molecular weight is 290 g/mol. The minimum absolute atomic E-state index is 0.0894. The summed E-state index contributed by atoms with van der Waals surface area (Å²) in [5.41, 5.74) is 0. The molecule has 0 spiro atoms. The molecule has 0 saturated heterocycles. The van der Waals surface area contributed by atoms with Crippen LogP contribution in [0.1, 0.15) is 6.92 Å². The Morgan fingerprint density at radius 3 is 1.95 bits per heavy atom. The van der Waals surface area contributed by atoms with Crippen molar-refractivity contribution in [3.63, 3.8) is 0 Å². The minimum Gasteiger partial charge on any atom is -0.394 e. The lowest BCUT2D eigenvalue weighted by Gasteiger charge is -2.01. The van der Waals surface area contributed by atoms with Gasteiger partial charge in [0.25, 0.3) is 0 Å². The zero-order valence-electron chi connectivity index (χ0n) is 13.7. The van der Waals surface area contributed by atoms with Crippen LogP contribution < -0.4 is 5.32 Å². The predicted molar refractivity (Wildman–Crippen MR) is 87.3 cm³/mol. The quantitative estimate of drug-likeness (QED) is 0.467. The molecular weight excluding hydrogens is 256 g/mol. The summed E-state index contributed by atoms with van der Waals surface area (Å²) in [6.45, 7) is 13.3. The van der Waals surface area contributed by atoms with E-state index in [0.29, 0.717) is 19.8 Å². The zero-order valence-corrected chi connectivity index (χ0v) is 13.7. The van der Waals surface area contributed by atoms with Crippen LogP contribution in [0, 0.1) is 0 Å². The summed E-state index contributed by atoms with van der Waals surface area (Å²) >= 11 is 0. The predicted octanol–water partition coefficient (Wildman–Crippen LogP) is 1.16. The van der Waals surface area contributed by atoms with Gasteiger partial charge in [-0.05, 0) is 28.1 Å². The van der Waals surface area contributed by atoms with Crippen molar-refractivity contribution in [2.75, 3.05) is 67.3 Å². The SMILES string of the molecule is C=CCN(C)C.C=CCNC.CCOCCOCCO. The van der Waals surface area contributed by atoms with Crippen molar-refractivity contribution >= 4 is 0 Å². The first-order valence-corrected chi connectivity index (χ1v) is 6.88. The fourth-order valence-electron chi connectivity index (χ4n) is 0.831. The van der Waals surface area contributed by atoms with Crippen molar-refractivity contribution in [3.8, 4) is 0 Å². The number of hydrogen-bond acceptors (Lipinski definition) is 5. The number of aliphatic hydroxyl groups excluding tert-OH is 1. The molecule has 0 rings (SSSR count). The lowest BCUT2D eigenvalue weighted by atomic mass is 10.6. The van der Waals surface area contributed by atoms with E-state index in [0.717, 1.165) is 19.7 Å². The third kappa shape index (κ3) is 43.3. The highest BCUT2D eigenvalue weighted by atomic mass is 16.5. The number of likely N-dealkylation sites (N-methyl/N-ethyl adjacent to an activating group) is 2. The second-order valence-electron chi connectivity index (χ2n) is 3.93. The van der Waals surface area contributed by atoms with Gasteiger partial charge < -0.3 is 24.8 Å². The molecular formula is C15H34N2O3. The summed E-state index contributed by atoms with van der Waals surface area (Å²) in [4.78, 5) is 2.06. The normalized spacial score (nSPS) is 9.10. The smallest absolute Gasteiger partial charge is 0.0701 e. The third-order valence-corrected chi connectivity index (χ3v) is 1.65. The van der Waals surface area contributed by atoms with Gasteiger partial charge in [0.15, 0.2) is 0 Å². The standard InChI is InChI=1S/C6H14O3.C5H11N.C4H9N/c1-2-8-5-6-9-4-3-7;1-4-5-6(2)3;1-3-4-5-2/h7H,2-6H2,1H3;4H,1,5H2,2-3H3;3,5H,1,4H2,2H3. The molecule has 0 saturated carbocycles. The van der Waals surface area contributed by atoms with Gasteiger partial charge in [-0.1, -0.05) is 12.2 Å². The molecule has 0 unspecified atom stereocenters. The molecule has 0 aromatic heterocycles. The summed E-state index contributed by atoms with van der Waals surface area (Å²) in [5, 5.41) is 11.2. The second-order valence-corrected chi connectivity index (χ2v) is 3.93. The number of rotatable bonds is 10. The third-order valence-electron chi connectivity index (χ3n) is 1.65. The summed E-state index contributed by atoms with van der Waals surface area (Å²) in [7, 11) is 5.92. The van der Waals surface area contributed by atoms with Gasteiger partial charge in [0.05, 0.1) is 26.4 Å². The highest BCUT2D eigenvalue weighted by Gasteiger charge is 1.84. The van der Waals surface area contributed by atoms with Gasteiger partial charge in [-0.25, -0.2) is 0 Å². The zero-order chi connectivity index (χ0) is 16.1. The van der Waals surface area contributed by atoms with Crippen LogP contribution in [-0.4, -0.2) is 77.3 Å². The second kappa shape index (κ2) is 26.8. The number of nitrogens with one attached hydrogen (secondary N) is 1. The summed E-state index contributed by atoms with van der Waals surface area (Å²) in [6, 6.07) is 0. The van der Waals surface area contributed by atoms with Crippen molar-refractivity contribution in [1.29, 1.82) is 0 Å². The van der Waals surface area contributed by atoms with Crippen LogP contribution in [0.3, 0.4) is 0 Å². The van der Waals surface area contributed by atoms with Crippen LogP contribution in [-0.2, 0) is 9.47 Å². The summed E-state index contributed by atoms with van der Waals surface area (Å²) < 4.78 is 9.88. The van der Waals surface area contributed by atoms with E-state index >= 15 is 0 Å². The number of aliphatic hydroxyl groups is 1. The van der Waals surface area contributed by atoms with Crippen LogP contribution in [0.15, 0.2) is 25.3 Å². The van der Waals surface area contributed by atoms with Crippen LogP contribution in [0.4, 0.5) is 0 Å². The van der Waals surface area contributed by atoms with Crippen molar-refractivity contribution in [2.24, 2.45) is 0 Å². The maximum absolute atomic E-state index is 8.26. The maximum atomic E-state index is 8.26. The highest BCUT2D eigenvalue weighted by Crippen LogP contribution is 1.76. The molecule has 0 aliphatic heterocycles. The van der Waals surface area contributed by atoms with Crippen molar-refractivity contribution in [3.05, 3.63) is 25.3 Å². The molecule has 0 fully saturated rings. The van der Waals surface area contributed by atoms with E-state index in [2.05, 4.69) is 23.4 Å². The molecule has 0 bridgehead atoms. The molecule has 0 aliphatic rings. The van der Waals surface area contributed by atoms with Gasteiger partial charge in [-0.15, -0.1) is 13.2 Å². The summed E-state index contributed by atoms with van der Waals surface area (Å²) in [6.07, 6.45) is 3.69. The van der Waals surface area contributed by atoms with Crippen molar-refractivity contribution < 1.29 is 14.6 Å². The van der Waals surface area contributed by atoms with Crippen molar-refractivity contribution in [1.82, 2.24) is 10.2 Å². The molecule has 2 N–H and O–H groups in total. The van der Waals surface area contributed by atoms with Gasteiger partial charge in [-0.3, -0.25) is 0 Å². The summed E-state index contributed by atoms with van der Waals surface area (Å²) in [5.74, 6) is 0.